The van der Waals surface area contributed by atoms with Crippen LogP contribution in [0.5, 0.6) is 5.75 Å². The minimum atomic E-state index is -0.657. The Balaban J connectivity index is 1.41. The number of para-hydroxylation sites is 1. The van der Waals surface area contributed by atoms with E-state index in [1.165, 1.54) is 11.8 Å². The van der Waals surface area contributed by atoms with E-state index < -0.39 is 6.04 Å². The lowest BCUT2D eigenvalue weighted by atomic mass is 9.96. The van der Waals surface area contributed by atoms with Crippen molar-refractivity contribution in [2.24, 2.45) is 0 Å². The number of hydrogen-bond acceptors (Lipinski definition) is 7. The summed E-state index contributed by atoms with van der Waals surface area (Å²) in [6.07, 6.45) is 1.81. The van der Waals surface area contributed by atoms with Gasteiger partial charge in [-0.2, -0.15) is 0 Å². The summed E-state index contributed by atoms with van der Waals surface area (Å²) in [4.78, 5) is 44.3. The summed E-state index contributed by atoms with van der Waals surface area (Å²) in [6.45, 7) is 4.45. The van der Waals surface area contributed by atoms with Crippen molar-refractivity contribution < 1.29 is 23.9 Å². The second-order valence-electron chi connectivity index (χ2n) is 9.89. The van der Waals surface area contributed by atoms with E-state index in [1.807, 2.05) is 23.6 Å². The van der Waals surface area contributed by atoms with Crippen LogP contribution in [0.4, 0.5) is 0 Å². The molecule has 0 unspecified atom stereocenters. The maximum absolute atomic E-state index is 13.8. The van der Waals surface area contributed by atoms with Gasteiger partial charge < -0.3 is 25.0 Å². The molecule has 37 heavy (non-hydrogen) atoms. The van der Waals surface area contributed by atoms with Crippen molar-refractivity contribution in [1.82, 2.24) is 20.4 Å². The number of nitrogens with zero attached hydrogens (tertiary/aromatic N) is 2. The van der Waals surface area contributed by atoms with Crippen molar-refractivity contribution in [2.75, 3.05) is 32.8 Å². The average molecular weight is 527 g/mol. The summed E-state index contributed by atoms with van der Waals surface area (Å²) < 4.78 is 12.4. The summed E-state index contributed by atoms with van der Waals surface area (Å²) >= 11 is 1.69. The zero-order chi connectivity index (χ0) is 25.8. The second-order valence-corrected chi connectivity index (χ2v) is 10.9. The smallest absolute Gasteiger partial charge is 0.258 e. The fraction of sp³-hybridized carbons (Fsp3) is 0.519. The summed E-state index contributed by atoms with van der Waals surface area (Å²) in [5, 5.41) is 8.08. The first kappa shape index (κ1) is 25.7. The van der Waals surface area contributed by atoms with Crippen molar-refractivity contribution >= 4 is 29.1 Å². The number of benzene rings is 1. The largest absolute Gasteiger partial charge is 0.493 e. The third-order valence-corrected chi connectivity index (χ3v) is 8.15. The summed E-state index contributed by atoms with van der Waals surface area (Å²) in [6, 6.07) is 10.5. The molecule has 2 fully saturated rings. The van der Waals surface area contributed by atoms with E-state index >= 15 is 0 Å². The molecule has 0 saturated carbocycles. The van der Waals surface area contributed by atoms with Crippen LogP contribution in [0, 0.1) is 0 Å². The molecule has 10 heteroatoms. The van der Waals surface area contributed by atoms with Gasteiger partial charge in [0.15, 0.2) is 0 Å². The van der Waals surface area contributed by atoms with Gasteiger partial charge in [-0.15, -0.1) is 11.3 Å². The Labute approximate surface area is 221 Å². The zero-order valence-electron chi connectivity index (χ0n) is 21.1. The molecule has 1 aromatic carbocycles. The van der Waals surface area contributed by atoms with E-state index in [4.69, 9.17) is 9.47 Å². The van der Waals surface area contributed by atoms with E-state index in [1.54, 1.807) is 28.4 Å². The fourth-order valence-corrected chi connectivity index (χ4v) is 6.15. The van der Waals surface area contributed by atoms with E-state index in [0.29, 0.717) is 44.0 Å². The molecule has 4 atom stereocenters. The first-order valence-electron chi connectivity index (χ1n) is 13.0. The van der Waals surface area contributed by atoms with Crippen molar-refractivity contribution in [2.45, 2.75) is 57.0 Å². The van der Waals surface area contributed by atoms with Crippen LogP contribution in [-0.2, 0) is 20.9 Å². The third-order valence-electron chi connectivity index (χ3n) is 7.28. The van der Waals surface area contributed by atoms with Crippen molar-refractivity contribution in [3.8, 4) is 5.75 Å². The van der Waals surface area contributed by atoms with Crippen LogP contribution in [0.1, 0.15) is 41.4 Å². The molecule has 9 nitrogen and oxygen atoms in total. The summed E-state index contributed by atoms with van der Waals surface area (Å²) in [7, 11) is 0. The van der Waals surface area contributed by atoms with Gasteiger partial charge in [-0.25, -0.2) is 0 Å². The molecule has 198 valence electrons. The minimum Gasteiger partial charge on any atom is -0.493 e. The highest BCUT2D eigenvalue weighted by molar-refractivity contribution is 7.09. The summed E-state index contributed by atoms with van der Waals surface area (Å²) in [5.74, 6) is -0.0117. The Morgan fingerprint density at radius 3 is 2.81 bits per heavy atom. The molecule has 3 aliphatic rings. The monoisotopic (exact) mass is 526 g/mol. The number of thiophene rings is 1. The number of carbonyl (C=O) groups is 3. The number of nitrogens with one attached hydrogen (secondary N) is 2. The van der Waals surface area contributed by atoms with Crippen LogP contribution < -0.4 is 15.4 Å². The highest BCUT2D eigenvalue weighted by Crippen LogP contribution is 2.26. The first-order chi connectivity index (χ1) is 18.0. The number of amides is 3. The van der Waals surface area contributed by atoms with E-state index in [9.17, 15) is 14.4 Å². The van der Waals surface area contributed by atoms with Gasteiger partial charge in [-0.3, -0.25) is 19.3 Å². The number of fused-ring (bicyclic) bond motifs is 4. The van der Waals surface area contributed by atoms with Gasteiger partial charge in [-0.05, 0) is 36.4 Å². The molecule has 4 heterocycles. The number of piperazine rings is 1. The molecule has 3 amide bonds. The Bertz CT molecular complexity index is 1110. The molecular formula is C27H34N4O5S. The Morgan fingerprint density at radius 1 is 1.14 bits per heavy atom. The lowest BCUT2D eigenvalue weighted by molar-refractivity contribution is -0.131. The lowest BCUT2D eigenvalue weighted by Gasteiger charge is -2.41. The van der Waals surface area contributed by atoms with Crippen LogP contribution in [0.3, 0.4) is 0 Å². The van der Waals surface area contributed by atoms with Crippen LogP contribution in [0.25, 0.3) is 0 Å². The van der Waals surface area contributed by atoms with Crippen LogP contribution in [0.15, 0.2) is 41.8 Å². The van der Waals surface area contributed by atoms with Gasteiger partial charge in [0.1, 0.15) is 11.8 Å². The van der Waals surface area contributed by atoms with Crippen LogP contribution in [0.2, 0.25) is 0 Å². The third kappa shape index (κ3) is 6.14. The SMILES string of the molecule is CC(=O)N[C@@H]1CC[C@H]2CCOc3ccccc3C(=O)N3CCN(Cc4cccs4)C[C@H]3C(=O)NC[C@H]1O2. The molecule has 1 aromatic heterocycles. The maximum atomic E-state index is 13.8. The van der Waals surface area contributed by atoms with Crippen molar-refractivity contribution in [1.29, 1.82) is 0 Å². The molecule has 2 bridgehead atoms. The van der Waals surface area contributed by atoms with Gasteiger partial charge in [0.2, 0.25) is 11.8 Å². The topological polar surface area (TPSA) is 100 Å². The van der Waals surface area contributed by atoms with Gasteiger partial charge in [0, 0.05) is 50.9 Å². The Kier molecular flexibility index (Phi) is 8.07. The molecule has 5 rings (SSSR count). The molecule has 3 aliphatic heterocycles. The van der Waals surface area contributed by atoms with Crippen molar-refractivity contribution in [3.63, 3.8) is 0 Å². The zero-order valence-corrected chi connectivity index (χ0v) is 21.9. The van der Waals surface area contributed by atoms with Gasteiger partial charge in [0.25, 0.3) is 5.91 Å². The standard InChI is InChI=1S/C27H34N4O5S/c1-18(32)29-22-9-8-19-10-13-35-24-7-3-2-6-21(24)27(34)31-12-11-30(16-20-5-4-14-37-20)17-23(31)26(33)28-15-25(22)36-19/h2-7,14,19,22-23,25H,8-13,15-17H2,1H3,(H,28,33)(H,29,32)/t19-,22+,23-,25+/m0/s1. The van der Waals surface area contributed by atoms with Gasteiger partial charge >= 0.3 is 0 Å². The predicted octanol–water partition coefficient (Wildman–Crippen LogP) is 2.03. The van der Waals surface area contributed by atoms with Crippen molar-refractivity contribution in [3.05, 3.63) is 52.2 Å². The molecule has 0 radical (unpaired) electrons. The molecule has 2 aromatic rings. The Hall–Kier alpha value is -2.95. The number of rotatable bonds is 3. The van der Waals surface area contributed by atoms with E-state index in [-0.39, 0.29) is 42.5 Å². The fourth-order valence-electron chi connectivity index (χ4n) is 5.41. The molecule has 0 aliphatic carbocycles. The average Bonchev–Trinajstić information content (AvgIpc) is 3.40. The first-order valence-corrected chi connectivity index (χ1v) is 13.8. The molecule has 2 N–H and O–H groups in total. The van der Waals surface area contributed by atoms with E-state index in [0.717, 1.165) is 19.4 Å². The van der Waals surface area contributed by atoms with Gasteiger partial charge in [0.05, 0.1) is 30.4 Å². The highest BCUT2D eigenvalue weighted by Gasteiger charge is 2.38. The van der Waals surface area contributed by atoms with Crippen LogP contribution in [-0.4, -0.2) is 84.6 Å². The quantitative estimate of drug-likeness (QED) is 0.635. The van der Waals surface area contributed by atoms with E-state index in [2.05, 4.69) is 21.6 Å². The Morgan fingerprint density at radius 2 is 2.00 bits per heavy atom. The number of ether oxygens (including phenoxy) is 2. The highest BCUT2D eigenvalue weighted by atomic mass is 32.1. The number of hydrogen-bond donors (Lipinski definition) is 2. The normalized spacial score (nSPS) is 27.2. The van der Waals surface area contributed by atoms with Gasteiger partial charge in [-0.1, -0.05) is 18.2 Å². The number of carbonyl (C=O) groups excluding carboxylic acids is 3. The minimum absolute atomic E-state index is 0.0508. The maximum Gasteiger partial charge on any atom is 0.258 e. The molecule has 2 saturated heterocycles. The van der Waals surface area contributed by atoms with Crippen LogP contribution >= 0.6 is 11.3 Å². The second kappa shape index (κ2) is 11.6. The molecule has 0 spiro atoms. The molecular weight excluding hydrogens is 492 g/mol. The lowest BCUT2D eigenvalue weighted by Crippen LogP contribution is -2.61. The predicted molar refractivity (Wildman–Crippen MR) is 139 cm³/mol. The summed E-state index contributed by atoms with van der Waals surface area (Å²) in [5.41, 5.74) is 0.470.